The number of benzene rings is 4. The van der Waals surface area contributed by atoms with Gasteiger partial charge in [-0.05, 0) is 60.4 Å². The highest BCUT2D eigenvalue weighted by atomic mass is 32.2. The zero-order valence-electron chi connectivity index (χ0n) is 22.2. The molecule has 4 unspecified atom stereocenters. The average molecular weight is 542 g/mol. The van der Waals surface area contributed by atoms with Crippen molar-refractivity contribution < 1.29 is 14.4 Å². The quantitative estimate of drug-likeness (QED) is 0.257. The number of ketones is 1. The molecule has 1 saturated carbocycles. The predicted molar refractivity (Wildman–Crippen MR) is 158 cm³/mol. The molecule has 196 valence electrons. The van der Waals surface area contributed by atoms with Crippen LogP contribution >= 0.6 is 11.8 Å². The second kappa shape index (κ2) is 8.64. The minimum atomic E-state index is -1.36. The number of hydrogen-bond donors (Lipinski definition) is 0. The number of allylic oxidation sites excluding steroid dienone is 2. The summed E-state index contributed by atoms with van der Waals surface area (Å²) in [6, 6.07) is 38.5. The molecular weight excluding hydrogens is 514 g/mol. The van der Waals surface area contributed by atoms with Crippen LogP contribution in [-0.4, -0.2) is 22.3 Å². The van der Waals surface area contributed by atoms with Gasteiger partial charge in [0.2, 0.25) is 5.91 Å². The molecule has 0 N–H and O–H groups in total. The highest BCUT2D eigenvalue weighted by molar-refractivity contribution is 8.01. The van der Waals surface area contributed by atoms with E-state index in [9.17, 15) is 14.4 Å². The fraction of sp³-hybridized carbons (Fsp3) is 0.171. The van der Waals surface area contributed by atoms with Gasteiger partial charge < -0.3 is 0 Å². The first-order chi connectivity index (χ1) is 19.4. The molecule has 2 fully saturated rings. The lowest BCUT2D eigenvalue weighted by atomic mass is 9.62. The van der Waals surface area contributed by atoms with E-state index in [2.05, 4.69) is 0 Å². The Morgan fingerprint density at radius 2 is 1.10 bits per heavy atom. The summed E-state index contributed by atoms with van der Waals surface area (Å²) in [4.78, 5) is 46.7. The van der Waals surface area contributed by atoms with Gasteiger partial charge in [0.05, 0.1) is 22.4 Å². The van der Waals surface area contributed by atoms with E-state index in [1.807, 2.05) is 123 Å². The van der Waals surface area contributed by atoms with Gasteiger partial charge in [-0.25, -0.2) is 4.90 Å². The molecular formula is C35H27NO3S. The van der Waals surface area contributed by atoms with E-state index in [4.69, 9.17) is 0 Å². The number of rotatable bonds is 5. The molecule has 4 nitrogen and oxygen atoms in total. The monoisotopic (exact) mass is 541 g/mol. The van der Waals surface area contributed by atoms with E-state index in [0.717, 1.165) is 27.2 Å². The first kappa shape index (κ1) is 24.8. The number of Topliss-reactive ketones (excluding diaryl/α,β-unsaturated/α-hetero) is 1. The Bertz CT molecular complexity index is 1700. The van der Waals surface area contributed by atoms with Crippen LogP contribution < -0.4 is 4.90 Å². The maximum atomic E-state index is 14.9. The molecule has 0 spiro atoms. The van der Waals surface area contributed by atoms with Crippen LogP contribution in [-0.2, 0) is 14.4 Å². The molecule has 1 saturated heterocycles. The highest BCUT2D eigenvalue weighted by Gasteiger charge is 2.86. The van der Waals surface area contributed by atoms with Crippen molar-refractivity contribution in [1.82, 2.24) is 0 Å². The predicted octanol–water partition coefficient (Wildman–Crippen LogP) is 6.93. The second-order valence-corrected chi connectivity index (χ2v) is 12.4. The largest absolute Gasteiger partial charge is 0.298 e. The van der Waals surface area contributed by atoms with Crippen LogP contribution in [0.5, 0.6) is 0 Å². The molecule has 4 aromatic carbocycles. The van der Waals surface area contributed by atoms with Crippen molar-refractivity contribution in [3.8, 4) is 0 Å². The minimum Gasteiger partial charge on any atom is -0.298 e. The van der Waals surface area contributed by atoms with Crippen LogP contribution in [0, 0.1) is 16.7 Å². The number of carbonyl (C=O) groups excluding carboxylic acids is 3. The van der Waals surface area contributed by atoms with Gasteiger partial charge in [0.1, 0.15) is 4.75 Å². The van der Waals surface area contributed by atoms with Crippen LogP contribution in [0.1, 0.15) is 25.0 Å². The van der Waals surface area contributed by atoms with E-state index in [-0.39, 0.29) is 17.6 Å². The Balaban J connectivity index is 1.58. The molecule has 2 aliphatic carbocycles. The van der Waals surface area contributed by atoms with Crippen LogP contribution in [0.4, 0.5) is 5.69 Å². The number of nitrogens with zero attached hydrogens (tertiary/aromatic N) is 1. The minimum absolute atomic E-state index is 0.0689. The summed E-state index contributed by atoms with van der Waals surface area (Å²) < 4.78 is -1.36. The first-order valence-electron chi connectivity index (χ1n) is 13.5. The topological polar surface area (TPSA) is 54.5 Å². The number of carbonyl (C=O) groups is 3. The van der Waals surface area contributed by atoms with Crippen molar-refractivity contribution in [3.63, 3.8) is 0 Å². The van der Waals surface area contributed by atoms with Gasteiger partial charge in [0.25, 0.3) is 5.91 Å². The zero-order chi connectivity index (χ0) is 27.7. The summed E-state index contributed by atoms with van der Waals surface area (Å²) in [5.41, 5.74) is 1.53. The Hall–Kier alpha value is -4.22. The van der Waals surface area contributed by atoms with E-state index in [0.29, 0.717) is 5.69 Å². The molecule has 0 aromatic heterocycles. The zero-order valence-corrected chi connectivity index (χ0v) is 23.0. The molecule has 4 atom stereocenters. The van der Waals surface area contributed by atoms with Crippen LogP contribution in [0.2, 0.25) is 0 Å². The number of anilines is 1. The molecule has 4 aromatic rings. The van der Waals surface area contributed by atoms with Crippen molar-refractivity contribution in [2.75, 3.05) is 4.90 Å². The summed E-state index contributed by atoms with van der Waals surface area (Å²) in [5.74, 6) is -1.60. The van der Waals surface area contributed by atoms with Gasteiger partial charge in [-0.1, -0.05) is 97.1 Å². The Morgan fingerprint density at radius 3 is 1.65 bits per heavy atom. The van der Waals surface area contributed by atoms with E-state index in [1.165, 1.54) is 16.7 Å². The highest BCUT2D eigenvalue weighted by Crippen LogP contribution is 2.78. The standard InChI is InChI=1S/C35H27NO3S/c1-33-27(23-15-7-3-8-16-23)28(24-17-9-4-10-18-24)34(2,31(33)38)35(40-26-21-13-6-14-22-26)29(33)30(37)36(32(35)39)25-19-11-5-12-20-25/h3-22,29H,1-2H3. The Kier molecular flexibility index (Phi) is 5.35. The molecule has 1 aliphatic heterocycles. The third-order valence-electron chi connectivity index (χ3n) is 9.07. The fourth-order valence-corrected chi connectivity index (χ4v) is 9.22. The summed E-state index contributed by atoms with van der Waals surface area (Å²) >= 11 is 1.37. The van der Waals surface area contributed by atoms with Gasteiger partial charge in [-0.15, -0.1) is 11.8 Å². The third kappa shape index (κ3) is 2.91. The van der Waals surface area contributed by atoms with Crippen LogP contribution in [0.15, 0.2) is 126 Å². The van der Waals surface area contributed by atoms with Gasteiger partial charge in [-0.2, -0.15) is 0 Å². The van der Waals surface area contributed by atoms with Crippen molar-refractivity contribution in [2.24, 2.45) is 16.7 Å². The number of thioether (sulfide) groups is 1. The number of fused-ring (bicyclic) bond motifs is 5. The lowest BCUT2D eigenvalue weighted by Gasteiger charge is -2.44. The van der Waals surface area contributed by atoms with Crippen molar-refractivity contribution in [3.05, 3.63) is 132 Å². The van der Waals surface area contributed by atoms with Gasteiger partial charge >= 0.3 is 0 Å². The van der Waals surface area contributed by atoms with Gasteiger partial charge in [-0.3, -0.25) is 14.4 Å². The number of para-hydroxylation sites is 1. The Labute approximate surface area is 237 Å². The maximum Gasteiger partial charge on any atom is 0.252 e. The SMILES string of the molecule is CC12C(=O)C(C)(C(c3ccccc3)=C1c1ccccc1)C1(Sc3ccccc3)C(=O)N(c3ccccc3)C(=O)C21. The molecule has 2 bridgehead atoms. The lowest BCUT2D eigenvalue weighted by molar-refractivity contribution is -0.133. The van der Waals surface area contributed by atoms with Crippen molar-refractivity contribution in [1.29, 1.82) is 0 Å². The second-order valence-electron chi connectivity index (χ2n) is 11.0. The average Bonchev–Trinajstić information content (AvgIpc) is 3.40. The fourth-order valence-electron chi connectivity index (χ4n) is 7.52. The molecule has 0 radical (unpaired) electrons. The smallest absolute Gasteiger partial charge is 0.252 e. The molecule has 40 heavy (non-hydrogen) atoms. The summed E-state index contributed by atoms with van der Waals surface area (Å²) in [6.07, 6.45) is 0. The number of amides is 2. The van der Waals surface area contributed by atoms with Crippen molar-refractivity contribution >= 4 is 46.2 Å². The van der Waals surface area contributed by atoms with E-state index in [1.54, 1.807) is 12.1 Å². The van der Waals surface area contributed by atoms with Crippen LogP contribution in [0.3, 0.4) is 0 Å². The van der Waals surface area contributed by atoms with E-state index >= 15 is 0 Å². The normalized spacial score (nSPS) is 28.9. The molecule has 3 aliphatic rings. The van der Waals surface area contributed by atoms with E-state index < -0.39 is 21.5 Å². The maximum absolute atomic E-state index is 14.9. The lowest BCUT2D eigenvalue weighted by Crippen LogP contribution is -2.53. The van der Waals surface area contributed by atoms with Crippen molar-refractivity contribution in [2.45, 2.75) is 23.5 Å². The van der Waals surface area contributed by atoms with Gasteiger partial charge in [0.15, 0.2) is 5.78 Å². The molecule has 2 amide bonds. The summed E-state index contributed by atoms with van der Waals surface area (Å²) in [5, 5.41) is 0. The Morgan fingerprint density at radius 1 is 0.625 bits per heavy atom. The number of hydrogen-bond acceptors (Lipinski definition) is 4. The third-order valence-corrected chi connectivity index (χ3v) is 10.7. The van der Waals surface area contributed by atoms with Gasteiger partial charge in [0, 0.05) is 4.90 Å². The summed E-state index contributed by atoms with van der Waals surface area (Å²) in [6.45, 7) is 3.80. The van der Waals surface area contributed by atoms with Crippen LogP contribution in [0.25, 0.3) is 11.1 Å². The molecule has 1 heterocycles. The molecule has 5 heteroatoms. The number of imide groups is 1. The first-order valence-corrected chi connectivity index (χ1v) is 14.3. The summed E-state index contributed by atoms with van der Waals surface area (Å²) in [7, 11) is 0. The molecule has 7 rings (SSSR count).